The highest BCUT2D eigenvalue weighted by Crippen LogP contribution is 2.22. The molecule has 0 saturated carbocycles. The van der Waals surface area contributed by atoms with Crippen LogP contribution in [0.25, 0.3) is 0 Å². The molecule has 29 heavy (non-hydrogen) atoms. The van der Waals surface area contributed by atoms with E-state index in [1.54, 1.807) is 7.05 Å². The molecule has 1 aromatic carbocycles. The Balaban J connectivity index is 0.00000420. The van der Waals surface area contributed by atoms with Crippen LogP contribution in [-0.4, -0.2) is 56.6 Å². The van der Waals surface area contributed by atoms with Gasteiger partial charge in [0.05, 0.1) is 6.61 Å². The van der Waals surface area contributed by atoms with Crippen LogP contribution >= 0.6 is 24.0 Å². The third-order valence-corrected chi connectivity index (χ3v) is 5.22. The summed E-state index contributed by atoms with van der Waals surface area (Å²) < 4.78 is 5.98. The zero-order valence-corrected chi connectivity index (χ0v) is 20.6. The predicted octanol–water partition coefficient (Wildman–Crippen LogP) is 3.50. The SMILES string of the molecule is CCNC(=NCCCOc1c(C)cccc1C)N1CCC(CC(=O)NC)CC1.I. The van der Waals surface area contributed by atoms with Crippen molar-refractivity contribution in [1.29, 1.82) is 0 Å². The number of likely N-dealkylation sites (tertiary alicyclic amines) is 1. The van der Waals surface area contributed by atoms with Crippen LogP contribution in [0, 0.1) is 19.8 Å². The first-order valence-electron chi connectivity index (χ1n) is 10.5. The number of halogens is 1. The van der Waals surface area contributed by atoms with Crippen molar-refractivity contribution in [3.63, 3.8) is 0 Å². The predicted molar refractivity (Wildman–Crippen MR) is 130 cm³/mol. The van der Waals surface area contributed by atoms with Gasteiger partial charge < -0.3 is 20.3 Å². The number of amides is 1. The number of piperidine rings is 1. The molecular weight excluding hydrogens is 479 g/mol. The Morgan fingerprint density at radius 1 is 1.24 bits per heavy atom. The van der Waals surface area contributed by atoms with Gasteiger partial charge in [-0.05, 0) is 50.7 Å². The fraction of sp³-hybridized carbons (Fsp3) is 0.636. The number of hydrogen-bond donors (Lipinski definition) is 2. The maximum Gasteiger partial charge on any atom is 0.220 e. The van der Waals surface area contributed by atoms with Crippen molar-refractivity contribution in [2.45, 2.75) is 46.5 Å². The van der Waals surface area contributed by atoms with Crippen molar-refractivity contribution in [2.24, 2.45) is 10.9 Å². The van der Waals surface area contributed by atoms with Gasteiger partial charge in [-0.25, -0.2) is 0 Å². The standard InChI is InChI=1S/C22H36N4O2.HI/c1-5-24-22(26-13-10-19(11-14-26)16-20(27)23-4)25-12-7-15-28-21-17(2)8-6-9-18(21)3;/h6,8-9,19H,5,7,10-16H2,1-4H3,(H,23,27)(H,24,25);1H. The summed E-state index contributed by atoms with van der Waals surface area (Å²) in [5.74, 6) is 2.59. The fourth-order valence-corrected chi connectivity index (χ4v) is 3.59. The Kier molecular flexibility index (Phi) is 12.0. The van der Waals surface area contributed by atoms with Crippen molar-refractivity contribution >= 4 is 35.8 Å². The minimum Gasteiger partial charge on any atom is -0.493 e. The second-order valence-electron chi connectivity index (χ2n) is 7.47. The van der Waals surface area contributed by atoms with Crippen molar-refractivity contribution in [3.05, 3.63) is 29.3 Å². The molecule has 1 aliphatic rings. The summed E-state index contributed by atoms with van der Waals surface area (Å²) >= 11 is 0. The van der Waals surface area contributed by atoms with E-state index < -0.39 is 0 Å². The number of aliphatic imine (C=N–C) groups is 1. The Hall–Kier alpha value is -1.51. The Morgan fingerprint density at radius 2 is 1.90 bits per heavy atom. The number of benzene rings is 1. The average Bonchev–Trinajstić information content (AvgIpc) is 2.69. The minimum absolute atomic E-state index is 0. The number of ether oxygens (including phenoxy) is 1. The summed E-state index contributed by atoms with van der Waals surface area (Å²) in [6.07, 6.45) is 3.59. The van der Waals surface area contributed by atoms with Gasteiger partial charge in [0.25, 0.3) is 0 Å². The third-order valence-electron chi connectivity index (χ3n) is 5.22. The lowest BCUT2D eigenvalue weighted by atomic mass is 9.93. The topological polar surface area (TPSA) is 66.0 Å². The van der Waals surface area contributed by atoms with Crippen molar-refractivity contribution in [2.75, 3.05) is 39.8 Å². The molecule has 1 saturated heterocycles. The van der Waals surface area contributed by atoms with E-state index in [0.29, 0.717) is 18.9 Å². The number of guanidine groups is 1. The molecule has 1 fully saturated rings. The first kappa shape index (κ1) is 25.5. The van der Waals surface area contributed by atoms with E-state index in [-0.39, 0.29) is 29.9 Å². The van der Waals surface area contributed by atoms with E-state index in [0.717, 1.165) is 57.2 Å². The average molecular weight is 516 g/mol. The first-order chi connectivity index (χ1) is 13.5. The number of nitrogens with one attached hydrogen (secondary N) is 2. The fourth-order valence-electron chi connectivity index (χ4n) is 3.59. The quantitative estimate of drug-likeness (QED) is 0.240. The molecule has 0 aliphatic carbocycles. The van der Waals surface area contributed by atoms with Crippen LogP contribution in [0.1, 0.15) is 43.7 Å². The van der Waals surface area contributed by atoms with E-state index in [4.69, 9.17) is 9.73 Å². The van der Waals surface area contributed by atoms with Gasteiger partial charge in [0.15, 0.2) is 5.96 Å². The van der Waals surface area contributed by atoms with E-state index >= 15 is 0 Å². The number of carbonyl (C=O) groups is 1. The number of rotatable bonds is 8. The molecule has 1 amide bonds. The van der Waals surface area contributed by atoms with Gasteiger partial charge in [-0.1, -0.05) is 18.2 Å². The van der Waals surface area contributed by atoms with E-state index in [1.807, 2.05) is 0 Å². The molecule has 164 valence electrons. The highest BCUT2D eigenvalue weighted by Gasteiger charge is 2.22. The van der Waals surface area contributed by atoms with Gasteiger partial charge in [0.2, 0.25) is 5.91 Å². The summed E-state index contributed by atoms with van der Waals surface area (Å²) in [7, 11) is 1.71. The largest absolute Gasteiger partial charge is 0.493 e. The zero-order chi connectivity index (χ0) is 20.4. The second-order valence-corrected chi connectivity index (χ2v) is 7.47. The Morgan fingerprint density at radius 3 is 2.48 bits per heavy atom. The van der Waals surface area contributed by atoms with Crippen LogP contribution in [0.4, 0.5) is 0 Å². The summed E-state index contributed by atoms with van der Waals surface area (Å²) in [6.45, 7) is 10.4. The van der Waals surface area contributed by atoms with E-state index in [2.05, 4.69) is 54.5 Å². The van der Waals surface area contributed by atoms with Gasteiger partial charge in [-0.3, -0.25) is 9.79 Å². The lowest BCUT2D eigenvalue weighted by molar-refractivity contribution is -0.121. The second kappa shape index (κ2) is 13.7. The highest BCUT2D eigenvalue weighted by molar-refractivity contribution is 14.0. The molecule has 0 unspecified atom stereocenters. The minimum atomic E-state index is 0. The van der Waals surface area contributed by atoms with Crippen molar-refractivity contribution in [3.8, 4) is 5.75 Å². The molecule has 0 aromatic heterocycles. The van der Waals surface area contributed by atoms with Crippen molar-refractivity contribution in [1.82, 2.24) is 15.5 Å². The van der Waals surface area contributed by atoms with Crippen LogP contribution < -0.4 is 15.4 Å². The maximum absolute atomic E-state index is 11.6. The lowest BCUT2D eigenvalue weighted by Gasteiger charge is -2.34. The third kappa shape index (κ3) is 8.40. The van der Waals surface area contributed by atoms with Gasteiger partial charge in [0, 0.05) is 46.1 Å². The molecule has 0 spiro atoms. The van der Waals surface area contributed by atoms with Crippen LogP contribution in [-0.2, 0) is 4.79 Å². The van der Waals surface area contributed by atoms with E-state index in [9.17, 15) is 4.79 Å². The number of nitrogens with zero attached hydrogens (tertiary/aromatic N) is 2. The Bertz CT molecular complexity index is 638. The highest BCUT2D eigenvalue weighted by atomic mass is 127. The van der Waals surface area contributed by atoms with Crippen molar-refractivity contribution < 1.29 is 9.53 Å². The molecule has 1 heterocycles. The normalized spacial score (nSPS) is 14.9. The van der Waals surface area contributed by atoms with Crippen LogP contribution in [0.15, 0.2) is 23.2 Å². The number of carbonyl (C=O) groups excluding carboxylic acids is 1. The Labute approximate surface area is 192 Å². The van der Waals surface area contributed by atoms with Gasteiger partial charge in [0.1, 0.15) is 5.75 Å². The first-order valence-corrected chi connectivity index (χ1v) is 10.5. The van der Waals surface area contributed by atoms with Gasteiger partial charge in [-0.2, -0.15) is 0 Å². The summed E-state index contributed by atoms with van der Waals surface area (Å²) in [4.78, 5) is 18.7. The van der Waals surface area contributed by atoms with Gasteiger partial charge >= 0.3 is 0 Å². The monoisotopic (exact) mass is 516 g/mol. The van der Waals surface area contributed by atoms with Gasteiger partial charge in [-0.15, -0.1) is 24.0 Å². The number of hydrogen-bond acceptors (Lipinski definition) is 3. The maximum atomic E-state index is 11.6. The number of aryl methyl sites for hydroxylation is 2. The summed E-state index contributed by atoms with van der Waals surface area (Å²) in [5, 5.41) is 6.13. The summed E-state index contributed by atoms with van der Waals surface area (Å²) in [6, 6.07) is 6.22. The van der Waals surface area contributed by atoms with E-state index in [1.165, 1.54) is 11.1 Å². The zero-order valence-electron chi connectivity index (χ0n) is 18.3. The van der Waals surface area contributed by atoms with Crippen LogP contribution in [0.3, 0.4) is 0 Å². The smallest absolute Gasteiger partial charge is 0.220 e. The van der Waals surface area contributed by atoms with Crippen LogP contribution in [0.2, 0.25) is 0 Å². The molecule has 0 atom stereocenters. The molecule has 7 heteroatoms. The molecule has 0 radical (unpaired) electrons. The lowest BCUT2D eigenvalue weighted by Crippen LogP contribution is -2.46. The summed E-state index contributed by atoms with van der Waals surface area (Å²) in [5.41, 5.74) is 2.35. The molecular formula is C22H37IN4O2. The molecule has 2 N–H and O–H groups in total. The molecule has 1 aromatic rings. The molecule has 0 bridgehead atoms. The van der Waals surface area contributed by atoms with Crippen LogP contribution in [0.5, 0.6) is 5.75 Å². The molecule has 2 rings (SSSR count). The molecule has 1 aliphatic heterocycles. The number of para-hydroxylation sites is 1. The molecule has 6 nitrogen and oxygen atoms in total.